The fourth-order valence-corrected chi connectivity index (χ4v) is 2.04. The lowest BCUT2D eigenvalue weighted by molar-refractivity contribution is 0.367. The van der Waals surface area contributed by atoms with Gasteiger partial charge in [-0.15, -0.1) is 0 Å². The topological polar surface area (TPSA) is 49.4 Å². The molecular weight excluding hydrogens is 228 g/mol. The maximum absolute atomic E-state index is 11.6. The average Bonchev–Trinajstić information content (AvgIpc) is 2.26. The molecule has 0 atom stereocenters. The van der Waals surface area contributed by atoms with Crippen LogP contribution in [0.15, 0.2) is 9.59 Å². The van der Waals surface area contributed by atoms with Gasteiger partial charge >= 0.3 is 0 Å². The van der Waals surface area contributed by atoms with Crippen molar-refractivity contribution in [3.63, 3.8) is 0 Å². The first-order valence-electron chi connectivity index (χ1n) is 6.56. The molecule has 0 saturated heterocycles. The molecular formula is C14H24N2O2. The van der Waals surface area contributed by atoms with Crippen molar-refractivity contribution in [3.8, 4) is 0 Å². The van der Waals surface area contributed by atoms with Gasteiger partial charge in [0.2, 0.25) is 0 Å². The summed E-state index contributed by atoms with van der Waals surface area (Å²) in [5, 5.41) is 2.97. The van der Waals surface area contributed by atoms with Gasteiger partial charge in [-0.1, -0.05) is 20.8 Å². The zero-order chi connectivity index (χ0) is 13.9. The highest BCUT2D eigenvalue weighted by molar-refractivity contribution is 5.74. The molecule has 0 radical (unpaired) electrons. The maximum atomic E-state index is 11.6. The van der Waals surface area contributed by atoms with E-state index in [1.54, 1.807) is 0 Å². The Balaban J connectivity index is 2.62. The number of hydrogen-bond acceptors (Lipinski definition) is 4. The largest absolute Gasteiger partial charge is 0.380 e. The molecule has 0 aliphatic heterocycles. The highest BCUT2D eigenvalue weighted by Gasteiger charge is 2.23. The van der Waals surface area contributed by atoms with Crippen molar-refractivity contribution < 1.29 is 0 Å². The van der Waals surface area contributed by atoms with E-state index in [2.05, 4.69) is 26.1 Å². The van der Waals surface area contributed by atoms with E-state index in [0.717, 1.165) is 19.4 Å². The quantitative estimate of drug-likeness (QED) is 0.786. The summed E-state index contributed by atoms with van der Waals surface area (Å²) in [4.78, 5) is 24.9. The Hall–Kier alpha value is -1.32. The smallest absolute Gasteiger partial charge is 0.253 e. The highest BCUT2D eigenvalue weighted by atomic mass is 16.2. The van der Waals surface area contributed by atoms with Gasteiger partial charge in [-0.3, -0.25) is 9.59 Å². The summed E-state index contributed by atoms with van der Waals surface area (Å²) >= 11 is 0. The van der Waals surface area contributed by atoms with Crippen LogP contribution in [-0.4, -0.2) is 20.1 Å². The van der Waals surface area contributed by atoms with Gasteiger partial charge in [-0.05, 0) is 25.2 Å². The molecule has 0 bridgehead atoms. The molecule has 0 saturated carbocycles. The molecule has 0 unspecified atom stereocenters. The summed E-state index contributed by atoms with van der Waals surface area (Å²) in [6.45, 7) is 9.99. The minimum Gasteiger partial charge on any atom is -0.380 e. The van der Waals surface area contributed by atoms with E-state index in [1.807, 2.05) is 18.9 Å². The summed E-state index contributed by atoms with van der Waals surface area (Å²) in [6, 6.07) is 0. The molecule has 4 heteroatoms. The molecule has 0 aliphatic rings. The lowest BCUT2D eigenvalue weighted by atomic mass is 9.90. The van der Waals surface area contributed by atoms with Gasteiger partial charge in [-0.25, -0.2) is 0 Å². The van der Waals surface area contributed by atoms with Crippen molar-refractivity contribution in [1.29, 1.82) is 0 Å². The first-order chi connectivity index (χ1) is 8.28. The number of nitrogens with zero attached hydrogens (tertiary/aromatic N) is 1. The SMILES string of the molecule is CCNc1c(N(C)CCCC(C)(C)C)c(=O)c1=O. The second-order valence-electron chi connectivity index (χ2n) is 6.00. The van der Waals surface area contributed by atoms with Crippen molar-refractivity contribution in [2.75, 3.05) is 30.4 Å². The molecule has 0 heterocycles. The molecule has 18 heavy (non-hydrogen) atoms. The fraction of sp³-hybridized carbons (Fsp3) is 0.714. The first kappa shape index (κ1) is 14.7. The Kier molecular flexibility index (Phi) is 4.54. The Labute approximate surface area is 109 Å². The number of anilines is 2. The zero-order valence-electron chi connectivity index (χ0n) is 12.1. The average molecular weight is 252 g/mol. The molecule has 4 nitrogen and oxygen atoms in total. The van der Waals surface area contributed by atoms with Gasteiger partial charge < -0.3 is 10.2 Å². The van der Waals surface area contributed by atoms with Crippen LogP contribution >= 0.6 is 0 Å². The standard InChI is InChI=1S/C14H24N2O2/c1-6-15-10-11(13(18)12(10)17)16(5)9-7-8-14(2,3)4/h15H,6-9H2,1-5H3. The summed E-state index contributed by atoms with van der Waals surface area (Å²) < 4.78 is 0. The minimum absolute atomic E-state index is 0.305. The molecule has 0 aliphatic carbocycles. The summed E-state index contributed by atoms with van der Waals surface area (Å²) in [7, 11) is 1.87. The lowest BCUT2D eigenvalue weighted by Gasteiger charge is -2.25. The Morgan fingerprint density at radius 1 is 1.17 bits per heavy atom. The monoisotopic (exact) mass is 252 g/mol. The molecule has 1 aromatic carbocycles. The second-order valence-corrected chi connectivity index (χ2v) is 6.00. The van der Waals surface area contributed by atoms with Gasteiger partial charge in [0.05, 0.1) is 0 Å². The minimum atomic E-state index is -0.380. The summed E-state index contributed by atoms with van der Waals surface area (Å²) in [5.74, 6) is 0. The van der Waals surface area contributed by atoms with Crippen molar-refractivity contribution in [3.05, 3.63) is 20.4 Å². The molecule has 0 spiro atoms. The van der Waals surface area contributed by atoms with Crippen molar-refractivity contribution in [2.45, 2.75) is 40.5 Å². The molecule has 0 amide bonds. The third kappa shape index (κ3) is 3.34. The van der Waals surface area contributed by atoms with E-state index in [1.165, 1.54) is 0 Å². The second kappa shape index (κ2) is 5.55. The van der Waals surface area contributed by atoms with Crippen LogP contribution in [-0.2, 0) is 0 Å². The predicted octanol–water partition coefficient (Wildman–Crippen LogP) is 1.98. The number of hydrogen-bond donors (Lipinski definition) is 1. The van der Waals surface area contributed by atoms with E-state index in [-0.39, 0.29) is 10.9 Å². The lowest BCUT2D eigenvalue weighted by Crippen LogP contribution is -2.41. The molecule has 1 rings (SSSR count). The van der Waals surface area contributed by atoms with E-state index in [0.29, 0.717) is 23.3 Å². The molecule has 1 N–H and O–H groups in total. The van der Waals surface area contributed by atoms with Crippen LogP contribution in [0.3, 0.4) is 0 Å². The van der Waals surface area contributed by atoms with E-state index < -0.39 is 0 Å². The maximum Gasteiger partial charge on any atom is 0.253 e. The molecule has 1 aromatic rings. The van der Waals surface area contributed by atoms with Gasteiger partial charge in [0, 0.05) is 20.1 Å². The van der Waals surface area contributed by atoms with E-state index >= 15 is 0 Å². The van der Waals surface area contributed by atoms with Crippen LogP contribution in [0.5, 0.6) is 0 Å². The van der Waals surface area contributed by atoms with E-state index in [9.17, 15) is 9.59 Å². The first-order valence-corrected chi connectivity index (χ1v) is 6.56. The third-order valence-corrected chi connectivity index (χ3v) is 3.04. The van der Waals surface area contributed by atoms with Crippen LogP contribution in [0.25, 0.3) is 0 Å². The van der Waals surface area contributed by atoms with Crippen LogP contribution in [0, 0.1) is 5.41 Å². The van der Waals surface area contributed by atoms with Crippen molar-refractivity contribution in [1.82, 2.24) is 0 Å². The Bertz CT molecular complexity index is 465. The normalized spacial score (nSPS) is 11.8. The van der Waals surface area contributed by atoms with Crippen LogP contribution in [0.4, 0.5) is 11.4 Å². The van der Waals surface area contributed by atoms with Gasteiger partial charge in [-0.2, -0.15) is 0 Å². The third-order valence-electron chi connectivity index (χ3n) is 3.04. The highest BCUT2D eigenvalue weighted by Crippen LogP contribution is 2.23. The fourth-order valence-electron chi connectivity index (χ4n) is 2.04. The van der Waals surface area contributed by atoms with Gasteiger partial charge in [0.1, 0.15) is 11.4 Å². The Morgan fingerprint density at radius 3 is 2.28 bits per heavy atom. The van der Waals surface area contributed by atoms with Crippen molar-refractivity contribution in [2.24, 2.45) is 5.41 Å². The summed E-state index contributed by atoms with van der Waals surface area (Å²) in [6.07, 6.45) is 2.12. The number of rotatable bonds is 6. The predicted molar refractivity (Wildman–Crippen MR) is 77.5 cm³/mol. The van der Waals surface area contributed by atoms with Crippen LogP contribution in [0.2, 0.25) is 0 Å². The zero-order valence-corrected chi connectivity index (χ0v) is 12.1. The molecule has 0 aromatic heterocycles. The van der Waals surface area contributed by atoms with Gasteiger partial charge in [0.25, 0.3) is 10.9 Å². The van der Waals surface area contributed by atoms with Crippen LogP contribution < -0.4 is 21.1 Å². The summed E-state index contributed by atoms with van der Waals surface area (Å²) in [5.41, 5.74) is 0.606. The Morgan fingerprint density at radius 2 is 1.78 bits per heavy atom. The molecule has 0 fully saturated rings. The number of nitrogens with one attached hydrogen (secondary N) is 1. The van der Waals surface area contributed by atoms with Gasteiger partial charge in [0.15, 0.2) is 0 Å². The van der Waals surface area contributed by atoms with Crippen molar-refractivity contribution >= 4 is 11.4 Å². The molecule has 102 valence electrons. The van der Waals surface area contributed by atoms with E-state index in [4.69, 9.17) is 0 Å². The van der Waals surface area contributed by atoms with Crippen LogP contribution in [0.1, 0.15) is 40.5 Å².